The van der Waals surface area contributed by atoms with Crippen LogP contribution in [0.5, 0.6) is 0 Å². The van der Waals surface area contributed by atoms with Crippen LogP contribution in [0.15, 0.2) is 22.8 Å². The summed E-state index contributed by atoms with van der Waals surface area (Å²) in [7, 11) is 0. The Morgan fingerprint density at radius 1 is 1.21 bits per heavy atom. The minimum Gasteiger partial charge on any atom is -0.392 e. The van der Waals surface area contributed by atoms with Gasteiger partial charge in [0, 0.05) is 36.9 Å². The first-order chi connectivity index (χ1) is 13.3. The highest BCUT2D eigenvalue weighted by Crippen LogP contribution is 2.42. The van der Waals surface area contributed by atoms with E-state index < -0.39 is 0 Å². The van der Waals surface area contributed by atoms with Gasteiger partial charge in [0.05, 0.1) is 6.10 Å². The van der Waals surface area contributed by atoms with Crippen molar-refractivity contribution in [1.29, 1.82) is 0 Å². The van der Waals surface area contributed by atoms with E-state index in [0.29, 0.717) is 12.0 Å². The summed E-state index contributed by atoms with van der Waals surface area (Å²) in [5.74, 6) is 0.631. The molecular weight excluding hydrogens is 370 g/mol. The van der Waals surface area contributed by atoms with Gasteiger partial charge in [-0.05, 0) is 63.0 Å². The normalized spacial score (nSPS) is 28.7. The van der Waals surface area contributed by atoms with E-state index in [1.807, 2.05) is 6.92 Å². The van der Waals surface area contributed by atoms with E-state index in [2.05, 4.69) is 41.5 Å². The van der Waals surface area contributed by atoms with Crippen molar-refractivity contribution in [3.8, 4) is 0 Å². The lowest BCUT2D eigenvalue weighted by Crippen LogP contribution is -2.54. The van der Waals surface area contributed by atoms with E-state index in [1.165, 1.54) is 32.1 Å². The number of piperidine rings is 1. The standard InChI is InChI=1S/C23H40ClN3O/c1-17(28)22(26-16-25-20-6-4-5-7-20)14-27-13-12-21(23(2,3)15-27)18-8-10-19(24)11-9-18/h8,10,17,20-22,25-26,28H,4-7,9,11-16H2,1-3H3/t17?,21?,22-/m0/s1. The van der Waals surface area contributed by atoms with Crippen LogP contribution in [0.25, 0.3) is 0 Å². The number of aliphatic hydroxyl groups is 1. The molecule has 2 aliphatic carbocycles. The number of hydrogen-bond acceptors (Lipinski definition) is 4. The first-order valence-electron chi connectivity index (χ1n) is 11.3. The summed E-state index contributed by atoms with van der Waals surface area (Å²) in [6, 6.07) is 0.764. The number of allylic oxidation sites excluding steroid dienone is 4. The van der Waals surface area contributed by atoms with Gasteiger partial charge in [-0.2, -0.15) is 0 Å². The summed E-state index contributed by atoms with van der Waals surface area (Å²) in [6.07, 6.45) is 12.6. The zero-order valence-corrected chi connectivity index (χ0v) is 18.8. The topological polar surface area (TPSA) is 47.5 Å². The molecule has 2 unspecified atom stereocenters. The van der Waals surface area contributed by atoms with E-state index in [0.717, 1.165) is 44.2 Å². The maximum atomic E-state index is 10.3. The maximum Gasteiger partial charge on any atom is 0.0678 e. The van der Waals surface area contributed by atoms with Crippen molar-refractivity contribution in [3.05, 3.63) is 22.8 Å². The fraction of sp³-hybridized carbons (Fsp3) is 0.826. The Bertz CT molecular complexity index is 566. The number of halogens is 1. The Hall–Kier alpha value is -0.390. The number of hydrogen-bond donors (Lipinski definition) is 3. The number of nitrogens with one attached hydrogen (secondary N) is 2. The van der Waals surface area contributed by atoms with E-state index >= 15 is 0 Å². The molecule has 0 radical (unpaired) electrons. The average Bonchev–Trinajstić information content (AvgIpc) is 3.14. The Balaban J connectivity index is 1.50. The van der Waals surface area contributed by atoms with Crippen molar-refractivity contribution in [2.24, 2.45) is 11.3 Å². The molecule has 0 aromatic carbocycles. The smallest absolute Gasteiger partial charge is 0.0678 e. The van der Waals surface area contributed by atoms with Crippen LogP contribution in [0, 0.1) is 11.3 Å². The lowest BCUT2D eigenvalue weighted by Gasteiger charge is -2.47. The molecule has 28 heavy (non-hydrogen) atoms. The van der Waals surface area contributed by atoms with E-state index in [-0.39, 0.29) is 17.6 Å². The number of nitrogens with zero attached hydrogens (tertiary/aromatic N) is 1. The average molecular weight is 410 g/mol. The lowest BCUT2D eigenvalue weighted by molar-refractivity contribution is 0.0444. The Labute approximate surface area is 176 Å². The molecule has 1 aliphatic heterocycles. The van der Waals surface area contributed by atoms with Gasteiger partial charge < -0.3 is 15.3 Å². The first kappa shape index (κ1) is 22.3. The zero-order chi connectivity index (χ0) is 20.1. The van der Waals surface area contributed by atoms with E-state index in [9.17, 15) is 5.11 Å². The second-order valence-electron chi connectivity index (χ2n) is 9.83. The molecule has 1 saturated carbocycles. The molecule has 0 spiro atoms. The maximum absolute atomic E-state index is 10.3. The monoisotopic (exact) mass is 409 g/mol. The first-order valence-corrected chi connectivity index (χ1v) is 11.7. The van der Waals surface area contributed by atoms with Crippen LogP contribution in [-0.4, -0.2) is 54.5 Å². The van der Waals surface area contributed by atoms with Crippen molar-refractivity contribution in [3.63, 3.8) is 0 Å². The van der Waals surface area contributed by atoms with Crippen molar-refractivity contribution in [2.75, 3.05) is 26.3 Å². The molecule has 0 aromatic heterocycles. The predicted molar refractivity (Wildman–Crippen MR) is 118 cm³/mol. The highest BCUT2D eigenvalue weighted by molar-refractivity contribution is 6.29. The number of aliphatic hydroxyl groups excluding tert-OH is 1. The van der Waals surface area contributed by atoms with E-state index in [4.69, 9.17) is 11.6 Å². The van der Waals surface area contributed by atoms with Crippen LogP contribution in [0.2, 0.25) is 0 Å². The molecular formula is C23H40ClN3O. The fourth-order valence-electron chi connectivity index (χ4n) is 5.36. The van der Waals surface area contributed by atoms with Crippen LogP contribution in [0.4, 0.5) is 0 Å². The minimum absolute atomic E-state index is 0.108. The summed E-state index contributed by atoms with van der Waals surface area (Å²) in [6.45, 7) is 10.6. The Kier molecular flexibility index (Phi) is 8.03. The molecule has 5 heteroatoms. The van der Waals surface area contributed by atoms with Gasteiger partial charge in [0.25, 0.3) is 0 Å². The number of likely N-dealkylation sites (tertiary alicyclic amines) is 1. The largest absolute Gasteiger partial charge is 0.392 e. The molecule has 3 rings (SSSR count). The van der Waals surface area contributed by atoms with Crippen molar-refractivity contribution >= 4 is 11.6 Å². The summed E-state index contributed by atoms with van der Waals surface area (Å²) in [5.41, 5.74) is 1.81. The summed E-state index contributed by atoms with van der Waals surface area (Å²) in [5, 5.41) is 18.5. The van der Waals surface area contributed by atoms with Gasteiger partial charge in [0.1, 0.15) is 0 Å². The van der Waals surface area contributed by atoms with Crippen LogP contribution in [0.3, 0.4) is 0 Å². The van der Waals surface area contributed by atoms with Crippen molar-refractivity contribution in [2.45, 2.75) is 83.9 Å². The molecule has 0 amide bonds. The molecule has 160 valence electrons. The summed E-state index contributed by atoms with van der Waals surface area (Å²) >= 11 is 6.16. The van der Waals surface area contributed by atoms with Crippen LogP contribution in [0.1, 0.15) is 65.7 Å². The van der Waals surface area contributed by atoms with Gasteiger partial charge >= 0.3 is 0 Å². The van der Waals surface area contributed by atoms with E-state index in [1.54, 1.807) is 5.57 Å². The predicted octanol–water partition coefficient (Wildman–Crippen LogP) is 4.01. The molecule has 2 fully saturated rings. The van der Waals surface area contributed by atoms with Gasteiger partial charge in [-0.1, -0.05) is 49.9 Å². The molecule has 0 bridgehead atoms. The van der Waals surface area contributed by atoms with Gasteiger partial charge in [-0.25, -0.2) is 0 Å². The van der Waals surface area contributed by atoms with Crippen molar-refractivity contribution in [1.82, 2.24) is 15.5 Å². The van der Waals surface area contributed by atoms with Gasteiger partial charge in [-0.15, -0.1) is 0 Å². The third-order valence-corrected chi connectivity index (χ3v) is 7.35. The van der Waals surface area contributed by atoms with Gasteiger partial charge in [-0.3, -0.25) is 5.32 Å². The summed E-state index contributed by atoms with van der Waals surface area (Å²) < 4.78 is 0. The molecule has 1 heterocycles. The Morgan fingerprint density at radius 2 is 1.96 bits per heavy atom. The third-order valence-electron chi connectivity index (χ3n) is 7.03. The third kappa shape index (κ3) is 6.06. The quantitative estimate of drug-likeness (QED) is 0.530. The van der Waals surface area contributed by atoms with Crippen LogP contribution < -0.4 is 10.6 Å². The Morgan fingerprint density at radius 3 is 2.57 bits per heavy atom. The lowest BCUT2D eigenvalue weighted by atomic mass is 9.68. The second kappa shape index (κ2) is 10.1. The molecule has 3 aliphatic rings. The molecule has 1 saturated heterocycles. The van der Waals surface area contributed by atoms with Gasteiger partial charge in [0.2, 0.25) is 0 Å². The van der Waals surface area contributed by atoms with Crippen LogP contribution in [-0.2, 0) is 0 Å². The molecule has 0 aromatic rings. The van der Waals surface area contributed by atoms with Crippen molar-refractivity contribution < 1.29 is 5.11 Å². The molecule has 4 nitrogen and oxygen atoms in total. The SMILES string of the molecule is CC(O)[C@H](CN1CCC(C2=CC=C(Cl)CC2)C(C)(C)C1)NCNC1CCCC1. The molecule has 3 N–H and O–H groups in total. The second-order valence-corrected chi connectivity index (χ2v) is 10.3. The summed E-state index contributed by atoms with van der Waals surface area (Å²) in [4.78, 5) is 2.54. The van der Waals surface area contributed by atoms with Crippen LogP contribution >= 0.6 is 11.6 Å². The zero-order valence-electron chi connectivity index (χ0n) is 18.0. The minimum atomic E-state index is -0.348. The fourth-order valence-corrected chi connectivity index (χ4v) is 5.52. The van der Waals surface area contributed by atoms with Gasteiger partial charge in [0.15, 0.2) is 0 Å². The highest BCUT2D eigenvalue weighted by atomic mass is 35.5. The number of rotatable bonds is 8. The molecule has 3 atom stereocenters. The highest BCUT2D eigenvalue weighted by Gasteiger charge is 2.38.